The quantitative estimate of drug-likeness (QED) is 0.638. The summed E-state index contributed by atoms with van der Waals surface area (Å²) in [5, 5.41) is 0. The fourth-order valence-corrected chi connectivity index (χ4v) is 5.08. The molecule has 4 rings (SSSR count). The highest BCUT2D eigenvalue weighted by atomic mass is 32.2. The van der Waals surface area contributed by atoms with Gasteiger partial charge < -0.3 is 9.64 Å². The van der Waals surface area contributed by atoms with Crippen molar-refractivity contribution in [2.24, 2.45) is 0 Å². The SMILES string of the molecule is COc1ccc(C2(SCc3ccccc3)C(=O)N(C)c3ccccc32)cc1. The van der Waals surface area contributed by atoms with Gasteiger partial charge in [-0.15, -0.1) is 11.8 Å². The molecular formula is C23H21NO2S. The van der Waals surface area contributed by atoms with Gasteiger partial charge in [-0.1, -0.05) is 60.7 Å². The first-order valence-electron chi connectivity index (χ1n) is 8.87. The number of amides is 1. The molecule has 0 fully saturated rings. The molecule has 0 aliphatic carbocycles. The van der Waals surface area contributed by atoms with E-state index >= 15 is 0 Å². The average molecular weight is 375 g/mol. The van der Waals surface area contributed by atoms with E-state index in [1.54, 1.807) is 23.8 Å². The monoisotopic (exact) mass is 375 g/mol. The Morgan fingerprint density at radius 1 is 0.926 bits per heavy atom. The van der Waals surface area contributed by atoms with Gasteiger partial charge in [-0.3, -0.25) is 4.79 Å². The summed E-state index contributed by atoms with van der Waals surface area (Å²) in [5.41, 5.74) is 4.20. The topological polar surface area (TPSA) is 29.5 Å². The van der Waals surface area contributed by atoms with E-state index < -0.39 is 4.75 Å². The molecule has 0 saturated carbocycles. The first-order valence-corrected chi connectivity index (χ1v) is 9.85. The Kier molecular flexibility index (Phi) is 4.66. The normalized spacial score (nSPS) is 18.4. The predicted octanol–water partition coefficient (Wildman–Crippen LogP) is 4.85. The Bertz CT molecular complexity index is 956. The molecule has 1 aliphatic heterocycles. The third-order valence-corrected chi connectivity index (χ3v) is 6.59. The van der Waals surface area contributed by atoms with Crippen LogP contribution in [0.2, 0.25) is 0 Å². The Labute approximate surface area is 164 Å². The van der Waals surface area contributed by atoms with Crippen molar-refractivity contribution in [3.63, 3.8) is 0 Å². The molecule has 0 aromatic heterocycles. The number of benzene rings is 3. The van der Waals surface area contributed by atoms with Crippen molar-refractivity contribution >= 4 is 23.4 Å². The Hall–Kier alpha value is -2.72. The maximum atomic E-state index is 13.5. The molecule has 3 aromatic rings. The second-order valence-electron chi connectivity index (χ2n) is 6.57. The van der Waals surface area contributed by atoms with E-state index in [1.807, 2.05) is 67.7 Å². The number of anilines is 1. The lowest BCUT2D eigenvalue weighted by Gasteiger charge is -2.28. The number of ether oxygens (including phenoxy) is 1. The van der Waals surface area contributed by atoms with Crippen molar-refractivity contribution in [3.05, 3.63) is 95.6 Å². The van der Waals surface area contributed by atoms with Gasteiger partial charge in [0.2, 0.25) is 0 Å². The predicted molar refractivity (Wildman–Crippen MR) is 111 cm³/mol. The summed E-state index contributed by atoms with van der Waals surface area (Å²) in [5.74, 6) is 1.63. The van der Waals surface area contributed by atoms with Crippen LogP contribution >= 0.6 is 11.8 Å². The zero-order valence-corrected chi connectivity index (χ0v) is 16.2. The van der Waals surface area contributed by atoms with Crippen molar-refractivity contribution in [1.29, 1.82) is 0 Å². The van der Waals surface area contributed by atoms with Crippen LogP contribution in [0, 0.1) is 0 Å². The highest BCUT2D eigenvalue weighted by Gasteiger charge is 2.51. The van der Waals surface area contributed by atoms with Crippen LogP contribution in [0.25, 0.3) is 0 Å². The number of carbonyl (C=O) groups is 1. The molecule has 27 heavy (non-hydrogen) atoms. The van der Waals surface area contributed by atoms with Crippen LogP contribution in [0.3, 0.4) is 0 Å². The van der Waals surface area contributed by atoms with Gasteiger partial charge in [-0.25, -0.2) is 0 Å². The minimum absolute atomic E-state index is 0.0924. The maximum absolute atomic E-state index is 13.5. The highest BCUT2D eigenvalue weighted by Crippen LogP contribution is 2.53. The first-order chi connectivity index (χ1) is 13.2. The number of likely N-dealkylation sites (N-methyl/N-ethyl adjacent to an activating group) is 1. The third kappa shape index (κ3) is 2.90. The largest absolute Gasteiger partial charge is 0.497 e. The zero-order chi connectivity index (χ0) is 18.9. The average Bonchev–Trinajstić information content (AvgIpc) is 2.96. The number of rotatable bonds is 5. The summed E-state index contributed by atoms with van der Waals surface area (Å²) in [6, 6.07) is 26.2. The third-order valence-electron chi connectivity index (χ3n) is 5.05. The number of fused-ring (bicyclic) bond motifs is 1. The minimum atomic E-state index is -0.756. The summed E-state index contributed by atoms with van der Waals surface area (Å²) < 4.78 is 4.55. The number of nitrogens with zero attached hydrogens (tertiary/aromatic N) is 1. The van der Waals surface area contributed by atoms with E-state index in [1.165, 1.54) is 5.56 Å². The molecule has 1 aliphatic rings. The fraction of sp³-hybridized carbons (Fsp3) is 0.174. The Balaban J connectivity index is 1.83. The van der Waals surface area contributed by atoms with E-state index in [-0.39, 0.29) is 5.91 Å². The van der Waals surface area contributed by atoms with Gasteiger partial charge in [0, 0.05) is 24.1 Å². The van der Waals surface area contributed by atoms with Crippen LogP contribution in [0.5, 0.6) is 5.75 Å². The van der Waals surface area contributed by atoms with Crippen LogP contribution in [0.15, 0.2) is 78.9 Å². The molecule has 0 N–H and O–H groups in total. The van der Waals surface area contributed by atoms with E-state index in [0.29, 0.717) is 0 Å². The lowest BCUT2D eigenvalue weighted by atomic mass is 9.91. The summed E-state index contributed by atoms with van der Waals surface area (Å²) in [7, 11) is 3.51. The standard InChI is InChI=1S/C23H21NO2S/c1-24-21-11-7-6-10-20(21)23(22(24)25,18-12-14-19(26-2)15-13-18)27-16-17-8-4-3-5-9-17/h3-15H,16H2,1-2H3. The second kappa shape index (κ2) is 7.12. The molecule has 136 valence electrons. The molecule has 1 heterocycles. The van der Waals surface area contributed by atoms with Gasteiger partial charge in [0.1, 0.15) is 10.5 Å². The second-order valence-corrected chi connectivity index (χ2v) is 7.76. The molecule has 0 bridgehead atoms. The fourth-order valence-electron chi connectivity index (χ4n) is 3.62. The molecule has 4 heteroatoms. The van der Waals surface area contributed by atoms with E-state index in [9.17, 15) is 4.79 Å². The smallest absolute Gasteiger partial charge is 0.252 e. The zero-order valence-electron chi connectivity index (χ0n) is 15.4. The van der Waals surface area contributed by atoms with E-state index in [2.05, 4.69) is 18.2 Å². The molecule has 0 spiro atoms. The lowest BCUT2D eigenvalue weighted by Crippen LogP contribution is -2.37. The molecular weight excluding hydrogens is 354 g/mol. The number of thioether (sulfide) groups is 1. The van der Waals surface area contributed by atoms with Crippen LogP contribution in [0.1, 0.15) is 16.7 Å². The van der Waals surface area contributed by atoms with Crippen LogP contribution < -0.4 is 9.64 Å². The van der Waals surface area contributed by atoms with Gasteiger partial charge in [0.05, 0.1) is 7.11 Å². The molecule has 1 unspecified atom stereocenters. The van der Waals surface area contributed by atoms with Gasteiger partial charge in [0.25, 0.3) is 5.91 Å². The summed E-state index contributed by atoms with van der Waals surface area (Å²) in [6.07, 6.45) is 0. The number of carbonyl (C=O) groups excluding carboxylic acids is 1. The van der Waals surface area contributed by atoms with Crippen LogP contribution in [-0.2, 0) is 15.3 Å². The molecule has 1 amide bonds. The molecule has 3 nitrogen and oxygen atoms in total. The number of hydrogen-bond acceptors (Lipinski definition) is 3. The van der Waals surface area contributed by atoms with Gasteiger partial charge >= 0.3 is 0 Å². The number of methoxy groups -OCH3 is 1. The van der Waals surface area contributed by atoms with Gasteiger partial charge in [-0.2, -0.15) is 0 Å². The Morgan fingerprint density at radius 3 is 2.30 bits per heavy atom. The summed E-state index contributed by atoms with van der Waals surface area (Å²) >= 11 is 1.67. The van der Waals surface area contributed by atoms with Crippen LogP contribution in [0.4, 0.5) is 5.69 Å². The number of para-hydroxylation sites is 1. The molecule has 0 radical (unpaired) electrons. The Morgan fingerprint density at radius 2 is 1.59 bits per heavy atom. The van der Waals surface area contributed by atoms with E-state index in [4.69, 9.17) is 4.74 Å². The van der Waals surface area contributed by atoms with Crippen molar-refractivity contribution in [3.8, 4) is 5.75 Å². The lowest BCUT2D eigenvalue weighted by molar-refractivity contribution is -0.119. The molecule has 1 atom stereocenters. The maximum Gasteiger partial charge on any atom is 0.252 e. The molecule has 0 saturated heterocycles. The van der Waals surface area contributed by atoms with Gasteiger partial charge in [0.15, 0.2) is 0 Å². The van der Waals surface area contributed by atoms with Crippen LogP contribution in [-0.4, -0.2) is 20.1 Å². The highest BCUT2D eigenvalue weighted by molar-refractivity contribution is 8.00. The van der Waals surface area contributed by atoms with Crippen molar-refractivity contribution in [2.45, 2.75) is 10.5 Å². The van der Waals surface area contributed by atoms with Crippen molar-refractivity contribution in [1.82, 2.24) is 0 Å². The number of hydrogen-bond donors (Lipinski definition) is 0. The van der Waals surface area contributed by atoms with Crippen molar-refractivity contribution in [2.75, 3.05) is 19.1 Å². The van der Waals surface area contributed by atoms with Gasteiger partial charge in [-0.05, 0) is 29.3 Å². The van der Waals surface area contributed by atoms with Crippen molar-refractivity contribution < 1.29 is 9.53 Å². The van der Waals surface area contributed by atoms with E-state index in [0.717, 1.165) is 28.3 Å². The summed E-state index contributed by atoms with van der Waals surface area (Å²) in [4.78, 5) is 15.3. The molecule has 3 aromatic carbocycles. The summed E-state index contributed by atoms with van der Waals surface area (Å²) in [6.45, 7) is 0. The minimum Gasteiger partial charge on any atom is -0.497 e. The first kappa shape index (κ1) is 17.7.